The van der Waals surface area contributed by atoms with Gasteiger partial charge in [-0.15, -0.1) is 11.3 Å². The summed E-state index contributed by atoms with van der Waals surface area (Å²) >= 11 is 1.41. The van der Waals surface area contributed by atoms with Crippen molar-refractivity contribution in [3.05, 3.63) is 60.5 Å². The normalized spacial score (nSPS) is 14.7. The number of carbonyl (C=O) groups is 1. The number of fused-ring (bicyclic) bond motifs is 1. The van der Waals surface area contributed by atoms with Crippen molar-refractivity contribution in [3.63, 3.8) is 0 Å². The minimum absolute atomic E-state index is 0.0806. The summed E-state index contributed by atoms with van der Waals surface area (Å²) in [4.78, 5) is 46.7. The SMILES string of the molecule is Cc1sc2nc(COC(=O)c3ccc(N4CCC(C)CC4)c([N+](=O)[O-])c3)[nH]c(=O)c2c1C. The molecule has 1 saturated heterocycles. The Bertz CT molecular complexity index is 1260. The topological polar surface area (TPSA) is 118 Å². The minimum atomic E-state index is -0.715. The lowest BCUT2D eigenvalue weighted by Crippen LogP contribution is -2.33. The molecule has 1 aromatic carbocycles. The minimum Gasteiger partial charge on any atom is -0.454 e. The van der Waals surface area contributed by atoms with Crippen LogP contribution in [-0.4, -0.2) is 34.0 Å². The fourth-order valence-electron chi connectivity index (χ4n) is 3.90. The summed E-state index contributed by atoms with van der Waals surface area (Å²) < 4.78 is 5.29. The van der Waals surface area contributed by atoms with Crippen LogP contribution in [0.15, 0.2) is 23.0 Å². The first-order chi connectivity index (χ1) is 15.2. The number of aromatic nitrogens is 2. The monoisotopic (exact) mass is 456 g/mol. The van der Waals surface area contributed by atoms with E-state index in [-0.39, 0.29) is 29.2 Å². The van der Waals surface area contributed by atoms with E-state index in [2.05, 4.69) is 16.9 Å². The van der Waals surface area contributed by atoms with E-state index >= 15 is 0 Å². The molecule has 3 heterocycles. The first-order valence-electron chi connectivity index (χ1n) is 10.4. The van der Waals surface area contributed by atoms with E-state index < -0.39 is 10.9 Å². The van der Waals surface area contributed by atoms with Crippen LogP contribution in [0.4, 0.5) is 11.4 Å². The van der Waals surface area contributed by atoms with Gasteiger partial charge in [0, 0.05) is 24.0 Å². The molecule has 10 heteroatoms. The van der Waals surface area contributed by atoms with E-state index in [9.17, 15) is 19.7 Å². The zero-order valence-electron chi connectivity index (χ0n) is 18.1. The number of ether oxygens (including phenoxy) is 1. The Morgan fingerprint density at radius 2 is 2.06 bits per heavy atom. The molecule has 0 radical (unpaired) electrons. The molecule has 0 atom stereocenters. The maximum Gasteiger partial charge on any atom is 0.338 e. The number of hydrogen-bond acceptors (Lipinski definition) is 8. The highest BCUT2D eigenvalue weighted by atomic mass is 32.1. The summed E-state index contributed by atoms with van der Waals surface area (Å²) in [5.41, 5.74) is 1.08. The molecule has 2 aromatic heterocycles. The second-order valence-corrected chi connectivity index (χ2v) is 9.39. The van der Waals surface area contributed by atoms with Gasteiger partial charge in [-0.05, 0) is 50.3 Å². The fourth-order valence-corrected chi connectivity index (χ4v) is 4.95. The average Bonchev–Trinajstić information content (AvgIpc) is 3.06. The number of thiophene rings is 1. The van der Waals surface area contributed by atoms with Crippen molar-refractivity contribution in [1.29, 1.82) is 0 Å². The lowest BCUT2D eigenvalue weighted by molar-refractivity contribution is -0.384. The standard InChI is InChI=1S/C22H24N4O5S/c1-12-6-8-25(9-7-12)16-5-4-15(10-17(16)26(29)30)22(28)31-11-18-23-20(27)19-13(2)14(3)32-21(19)24-18/h4-5,10,12H,6-9,11H2,1-3H3,(H,23,24,27). The van der Waals surface area contributed by atoms with Crippen LogP contribution in [0.1, 0.15) is 46.4 Å². The number of carbonyl (C=O) groups excluding carboxylic acids is 1. The highest BCUT2D eigenvalue weighted by Crippen LogP contribution is 2.32. The molecular formula is C22H24N4O5S. The van der Waals surface area contributed by atoms with Crippen LogP contribution in [0.2, 0.25) is 0 Å². The number of anilines is 1. The molecule has 4 rings (SSSR count). The predicted octanol–water partition coefficient (Wildman–Crippen LogP) is 4.10. The number of hydrogen-bond donors (Lipinski definition) is 1. The number of rotatable bonds is 5. The quantitative estimate of drug-likeness (QED) is 0.349. The van der Waals surface area contributed by atoms with Crippen LogP contribution in [0.3, 0.4) is 0 Å². The molecule has 9 nitrogen and oxygen atoms in total. The van der Waals surface area contributed by atoms with E-state index in [1.165, 1.54) is 23.5 Å². The Morgan fingerprint density at radius 1 is 1.34 bits per heavy atom. The summed E-state index contributed by atoms with van der Waals surface area (Å²) in [5.74, 6) is 0.111. The molecule has 1 fully saturated rings. The maximum atomic E-state index is 12.6. The van der Waals surface area contributed by atoms with Gasteiger partial charge in [0.1, 0.15) is 22.9 Å². The van der Waals surface area contributed by atoms with Gasteiger partial charge >= 0.3 is 5.97 Å². The summed E-state index contributed by atoms with van der Waals surface area (Å²) in [6, 6.07) is 4.39. The van der Waals surface area contributed by atoms with Gasteiger partial charge in [-0.2, -0.15) is 0 Å². The molecule has 0 spiro atoms. The number of esters is 1. The molecule has 1 N–H and O–H groups in total. The Morgan fingerprint density at radius 3 is 2.75 bits per heavy atom. The second-order valence-electron chi connectivity index (χ2n) is 8.18. The summed E-state index contributed by atoms with van der Waals surface area (Å²) in [5, 5.41) is 12.2. The van der Waals surface area contributed by atoms with Gasteiger partial charge in [0.25, 0.3) is 11.2 Å². The van der Waals surface area contributed by atoms with Gasteiger partial charge in [0.05, 0.1) is 15.9 Å². The Balaban J connectivity index is 1.52. The van der Waals surface area contributed by atoms with Gasteiger partial charge < -0.3 is 14.6 Å². The number of H-pyrrole nitrogens is 1. The van der Waals surface area contributed by atoms with Crippen LogP contribution in [0.5, 0.6) is 0 Å². The molecular weight excluding hydrogens is 432 g/mol. The molecule has 3 aromatic rings. The van der Waals surface area contributed by atoms with Crippen LogP contribution in [0, 0.1) is 29.9 Å². The van der Waals surface area contributed by atoms with Crippen LogP contribution in [0.25, 0.3) is 10.2 Å². The van der Waals surface area contributed by atoms with E-state index in [1.807, 2.05) is 18.7 Å². The molecule has 168 valence electrons. The van der Waals surface area contributed by atoms with Gasteiger partial charge in [-0.1, -0.05) is 6.92 Å². The lowest BCUT2D eigenvalue weighted by Gasteiger charge is -2.31. The van der Waals surface area contributed by atoms with Crippen LogP contribution >= 0.6 is 11.3 Å². The summed E-state index contributed by atoms with van der Waals surface area (Å²) in [6.07, 6.45) is 1.94. The first kappa shape index (κ1) is 21.9. The third-order valence-corrected chi connectivity index (χ3v) is 7.06. The Kier molecular flexibility index (Phi) is 5.96. The number of nitro benzene ring substituents is 1. The van der Waals surface area contributed by atoms with Crippen molar-refractivity contribution < 1.29 is 14.5 Å². The largest absolute Gasteiger partial charge is 0.454 e. The number of piperidine rings is 1. The predicted molar refractivity (Wildman–Crippen MR) is 123 cm³/mol. The van der Waals surface area contributed by atoms with E-state index in [4.69, 9.17) is 4.74 Å². The van der Waals surface area contributed by atoms with Crippen LogP contribution < -0.4 is 10.5 Å². The van der Waals surface area contributed by atoms with Gasteiger partial charge in [0.2, 0.25) is 0 Å². The molecule has 32 heavy (non-hydrogen) atoms. The molecule has 0 unspecified atom stereocenters. The van der Waals surface area contributed by atoms with E-state index in [0.717, 1.165) is 36.4 Å². The summed E-state index contributed by atoms with van der Waals surface area (Å²) in [7, 11) is 0. The molecule has 1 aliphatic heterocycles. The molecule has 1 aliphatic rings. The Labute approximate surface area is 188 Å². The number of benzene rings is 1. The van der Waals surface area contributed by atoms with Crippen molar-refractivity contribution in [2.45, 2.75) is 40.2 Å². The van der Waals surface area contributed by atoms with E-state index in [1.54, 1.807) is 6.07 Å². The van der Waals surface area contributed by atoms with Gasteiger partial charge in [0.15, 0.2) is 0 Å². The van der Waals surface area contributed by atoms with Gasteiger partial charge in [-0.3, -0.25) is 14.9 Å². The van der Waals surface area contributed by atoms with Crippen LogP contribution in [-0.2, 0) is 11.3 Å². The van der Waals surface area contributed by atoms with Crippen molar-refractivity contribution >= 4 is 38.9 Å². The van der Waals surface area contributed by atoms with Crippen molar-refractivity contribution in [1.82, 2.24) is 9.97 Å². The Hall–Kier alpha value is -3.27. The lowest BCUT2D eigenvalue weighted by atomic mass is 9.98. The third kappa shape index (κ3) is 4.22. The third-order valence-electron chi connectivity index (χ3n) is 5.96. The average molecular weight is 457 g/mol. The second kappa shape index (κ2) is 8.70. The van der Waals surface area contributed by atoms with Gasteiger partial charge in [-0.25, -0.2) is 9.78 Å². The zero-order valence-corrected chi connectivity index (χ0v) is 19.0. The molecule has 0 amide bonds. The first-order valence-corrected chi connectivity index (χ1v) is 11.3. The zero-order chi connectivity index (χ0) is 23.0. The number of nitrogens with one attached hydrogen (secondary N) is 1. The molecule has 0 aliphatic carbocycles. The number of aromatic amines is 1. The smallest absolute Gasteiger partial charge is 0.338 e. The molecule has 0 bridgehead atoms. The number of aryl methyl sites for hydroxylation is 2. The maximum absolute atomic E-state index is 12.6. The van der Waals surface area contributed by atoms with Crippen molar-refractivity contribution in [2.75, 3.05) is 18.0 Å². The number of nitrogens with zero attached hydrogens (tertiary/aromatic N) is 3. The highest BCUT2D eigenvalue weighted by molar-refractivity contribution is 7.18. The van der Waals surface area contributed by atoms with Crippen molar-refractivity contribution in [2.24, 2.45) is 5.92 Å². The summed E-state index contributed by atoms with van der Waals surface area (Å²) in [6.45, 7) is 7.21. The molecule has 0 saturated carbocycles. The fraction of sp³-hybridized carbons (Fsp3) is 0.409. The van der Waals surface area contributed by atoms with Crippen molar-refractivity contribution in [3.8, 4) is 0 Å². The highest BCUT2D eigenvalue weighted by Gasteiger charge is 2.25. The number of nitro groups is 1. The van der Waals surface area contributed by atoms with E-state index in [0.29, 0.717) is 21.8 Å².